The van der Waals surface area contributed by atoms with Gasteiger partial charge in [0, 0.05) is 48.6 Å². The van der Waals surface area contributed by atoms with E-state index in [0.717, 1.165) is 54.7 Å². The van der Waals surface area contributed by atoms with E-state index in [1.54, 1.807) is 4.90 Å². The summed E-state index contributed by atoms with van der Waals surface area (Å²) in [6, 6.07) is 10.5. The Morgan fingerprint density at radius 2 is 1.44 bits per heavy atom. The monoisotopic (exact) mass is 498 g/mol. The summed E-state index contributed by atoms with van der Waals surface area (Å²) >= 11 is 0. The van der Waals surface area contributed by atoms with Gasteiger partial charge >= 0.3 is 6.36 Å². The number of piperidine rings is 1. The first-order valence-electron chi connectivity index (χ1n) is 12.0. The number of hydrogen-bond acceptors (Lipinski definition) is 5. The lowest BCUT2D eigenvalue weighted by Gasteiger charge is -2.32. The van der Waals surface area contributed by atoms with Gasteiger partial charge in [0.15, 0.2) is 0 Å². The van der Waals surface area contributed by atoms with E-state index in [2.05, 4.69) is 14.7 Å². The van der Waals surface area contributed by atoms with Gasteiger partial charge in [0.2, 0.25) is 0 Å². The first-order chi connectivity index (χ1) is 17.3. The maximum absolute atomic E-state index is 12.9. The lowest BCUT2D eigenvalue weighted by Crippen LogP contribution is -2.38. The van der Waals surface area contributed by atoms with Crippen molar-refractivity contribution in [1.82, 2.24) is 19.8 Å². The molecule has 2 aromatic carbocycles. The molecule has 0 unspecified atom stereocenters. The van der Waals surface area contributed by atoms with Crippen molar-refractivity contribution in [2.24, 2.45) is 0 Å². The number of aromatic nitrogens is 2. The van der Waals surface area contributed by atoms with Crippen LogP contribution in [0.15, 0.2) is 48.8 Å². The van der Waals surface area contributed by atoms with Crippen LogP contribution < -0.4 is 4.74 Å². The second-order valence-electron chi connectivity index (χ2n) is 9.13. The van der Waals surface area contributed by atoms with E-state index in [4.69, 9.17) is 0 Å². The molecule has 2 aliphatic rings. The van der Waals surface area contributed by atoms with E-state index in [-0.39, 0.29) is 23.5 Å². The molecule has 0 atom stereocenters. The SMILES string of the molecule is O=C(c1ccc2c(C3CCN(C(=O)c4ccc(OC(F)(F)F)cc4)CC3)ncnc2c1)N1CCCC1. The van der Waals surface area contributed by atoms with Crippen molar-refractivity contribution < 1.29 is 27.5 Å². The molecule has 2 saturated heterocycles. The number of amides is 2. The quantitative estimate of drug-likeness (QED) is 0.517. The zero-order valence-corrected chi connectivity index (χ0v) is 19.5. The van der Waals surface area contributed by atoms with Gasteiger partial charge in [0.05, 0.1) is 11.2 Å². The summed E-state index contributed by atoms with van der Waals surface area (Å²) in [7, 11) is 0. The number of benzene rings is 2. The minimum absolute atomic E-state index is 0.0272. The van der Waals surface area contributed by atoms with E-state index < -0.39 is 6.36 Å². The topological polar surface area (TPSA) is 75.6 Å². The number of ether oxygens (including phenoxy) is 1. The summed E-state index contributed by atoms with van der Waals surface area (Å²) < 4.78 is 41.0. The number of carbonyl (C=O) groups is 2. The molecular weight excluding hydrogens is 473 g/mol. The minimum atomic E-state index is -4.77. The average molecular weight is 499 g/mol. The number of carbonyl (C=O) groups excluding carboxylic acids is 2. The van der Waals surface area contributed by atoms with E-state index >= 15 is 0 Å². The molecule has 3 heterocycles. The van der Waals surface area contributed by atoms with Crippen LogP contribution in [0.25, 0.3) is 10.9 Å². The summed E-state index contributed by atoms with van der Waals surface area (Å²) in [5.74, 6) is -0.440. The van der Waals surface area contributed by atoms with Crippen molar-refractivity contribution >= 4 is 22.7 Å². The van der Waals surface area contributed by atoms with Crippen LogP contribution in [0.1, 0.15) is 58.0 Å². The van der Waals surface area contributed by atoms with Gasteiger partial charge in [-0.25, -0.2) is 9.97 Å². The highest BCUT2D eigenvalue weighted by Crippen LogP contribution is 2.32. The standard InChI is InChI=1S/C26H25F3N4O3/c27-26(28,29)36-20-6-3-18(4-7-20)24(34)33-13-9-17(10-14-33)23-21-8-5-19(15-22(21)30-16-31-23)25(35)32-11-1-2-12-32/h3-8,15-17H,1-2,9-14H2. The highest BCUT2D eigenvalue weighted by atomic mass is 19.4. The van der Waals surface area contributed by atoms with Crippen molar-refractivity contribution in [2.45, 2.75) is 38.0 Å². The van der Waals surface area contributed by atoms with Gasteiger partial charge in [0.25, 0.3) is 11.8 Å². The lowest BCUT2D eigenvalue weighted by atomic mass is 9.90. The molecule has 5 rings (SSSR count). The Hall–Kier alpha value is -3.69. The Morgan fingerprint density at radius 1 is 0.833 bits per heavy atom. The Labute approximate surface area is 205 Å². The first-order valence-corrected chi connectivity index (χ1v) is 12.0. The number of rotatable bonds is 4. The average Bonchev–Trinajstić information content (AvgIpc) is 3.42. The predicted molar refractivity (Wildman–Crippen MR) is 126 cm³/mol. The van der Waals surface area contributed by atoms with Gasteiger partial charge < -0.3 is 14.5 Å². The third-order valence-corrected chi connectivity index (χ3v) is 6.81. The lowest BCUT2D eigenvalue weighted by molar-refractivity contribution is -0.274. The van der Waals surface area contributed by atoms with Crippen molar-refractivity contribution in [2.75, 3.05) is 26.2 Å². The molecule has 36 heavy (non-hydrogen) atoms. The molecule has 0 spiro atoms. The summed E-state index contributed by atoms with van der Waals surface area (Å²) in [4.78, 5) is 38.1. The highest BCUT2D eigenvalue weighted by molar-refractivity contribution is 5.98. The van der Waals surface area contributed by atoms with Crippen LogP contribution >= 0.6 is 0 Å². The van der Waals surface area contributed by atoms with Crippen LogP contribution in [0.4, 0.5) is 13.2 Å². The van der Waals surface area contributed by atoms with Gasteiger partial charge in [-0.05, 0) is 62.1 Å². The zero-order valence-electron chi connectivity index (χ0n) is 19.5. The highest BCUT2D eigenvalue weighted by Gasteiger charge is 2.31. The van der Waals surface area contributed by atoms with Crippen LogP contribution in [0, 0.1) is 0 Å². The molecule has 2 aliphatic heterocycles. The largest absolute Gasteiger partial charge is 0.573 e. The van der Waals surface area contributed by atoms with Gasteiger partial charge in [-0.3, -0.25) is 9.59 Å². The maximum Gasteiger partial charge on any atom is 0.573 e. The van der Waals surface area contributed by atoms with Crippen LogP contribution in [-0.2, 0) is 0 Å². The molecule has 0 bridgehead atoms. The van der Waals surface area contributed by atoms with Crippen LogP contribution in [0.2, 0.25) is 0 Å². The Kier molecular flexibility index (Phi) is 6.51. The Bertz CT molecular complexity index is 1270. The third-order valence-electron chi connectivity index (χ3n) is 6.81. The van der Waals surface area contributed by atoms with E-state index in [1.807, 2.05) is 23.1 Å². The second kappa shape index (κ2) is 9.75. The predicted octanol–water partition coefficient (Wildman–Crippen LogP) is 4.78. The molecule has 10 heteroatoms. The number of hydrogen-bond donors (Lipinski definition) is 0. The van der Waals surface area contributed by atoms with E-state index in [0.29, 0.717) is 37.1 Å². The molecule has 3 aromatic rings. The smallest absolute Gasteiger partial charge is 0.406 e. The molecule has 0 saturated carbocycles. The van der Waals surface area contributed by atoms with Crippen molar-refractivity contribution in [3.05, 3.63) is 65.6 Å². The van der Waals surface area contributed by atoms with Crippen molar-refractivity contribution in [3.63, 3.8) is 0 Å². The molecule has 1 aromatic heterocycles. The Balaban J connectivity index is 1.25. The molecule has 2 amide bonds. The van der Waals surface area contributed by atoms with Gasteiger partial charge in [-0.15, -0.1) is 13.2 Å². The number of nitrogens with zero attached hydrogens (tertiary/aromatic N) is 4. The number of alkyl halides is 3. The number of likely N-dealkylation sites (tertiary alicyclic amines) is 2. The zero-order chi connectivity index (χ0) is 25.3. The van der Waals surface area contributed by atoms with E-state index in [1.165, 1.54) is 18.5 Å². The van der Waals surface area contributed by atoms with Gasteiger partial charge in [-0.1, -0.05) is 6.07 Å². The molecule has 0 radical (unpaired) electrons. The van der Waals surface area contributed by atoms with Crippen molar-refractivity contribution in [3.8, 4) is 5.75 Å². The van der Waals surface area contributed by atoms with Gasteiger partial charge in [0.1, 0.15) is 12.1 Å². The molecular formula is C26H25F3N4O3. The fourth-order valence-electron chi connectivity index (χ4n) is 4.98. The minimum Gasteiger partial charge on any atom is -0.406 e. The second-order valence-corrected chi connectivity index (χ2v) is 9.13. The molecule has 0 aliphatic carbocycles. The van der Waals surface area contributed by atoms with Gasteiger partial charge in [-0.2, -0.15) is 0 Å². The normalized spacial score (nSPS) is 17.0. The molecule has 188 valence electrons. The summed E-state index contributed by atoms with van der Waals surface area (Å²) in [6.07, 6.45) is 0.200. The maximum atomic E-state index is 12.9. The van der Waals surface area contributed by atoms with Crippen molar-refractivity contribution in [1.29, 1.82) is 0 Å². The number of halogens is 3. The fourth-order valence-corrected chi connectivity index (χ4v) is 4.98. The van der Waals surface area contributed by atoms with Crippen LogP contribution in [0.5, 0.6) is 5.75 Å². The molecule has 7 nitrogen and oxygen atoms in total. The van der Waals surface area contributed by atoms with Crippen LogP contribution in [-0.4, -0.2) is 64.1 Å². The Morgan fingerprint density at radius 3 is 2.11 bits per heavy atom. The molecule has 0 N–H and O–H groups in total. The molecule has 2 fully saturated rings. The third kappa shape index (κ3) is 5.12. The van der Waals surface area contributed by atoms with E-state index in [9.17, 15) is 22.8 Å². The summed E-state index contributed by atoms with van der Waals surface area (Å²) in [5.41, 5.74) is 2.57. The first kappa shape index (κ1) is 24.0. The summed E-state index contributed by atoms with van der Waals surface area (Å²) in [5, 5.41) is 0.903. The summed E-state index contributed by atoms with van der Waals surface area (Å²) in [6.45, 7) is 2.58. The fraction of sp³-hybridized carbons (Fsp3) is 0.385. The van der Waals surface area contributed by atoms with Crippen LogP contribution in [0.3, 0.4) is 0 Å². The number of fused-ring (bicyclic) bond motifs is 1.